The van der Waals surface area contributed by atoms with E-state index in [2.05, 4.69) is 32.3 Å². The highest BCUT2D eigenvalue weighted by atomic mass is 16.5. The molecular weight excluding hydrogens is 304 g/mol. The number of hydrogen-bond donors (Lipinski definition) is 1. The summed E-state index contributed by atoms with van der Waals surface area (Å²) in [6, 6.07) is 11.5. The zero-order valence-corrected chi connectivity index (χ0v) is 13.9. The second-order valence-electron chi connectivity index (χ2n) is 6.04. The van der Waals surface area contributed by atoms with Crippen LogP contribution in [-0.2, 0) is 9.53 Å². The summed E-state index contributed by atoms with van der Waals surface area (Å²) in [5.74, 6) is 0.220. The average molecular weight is 326 g/mol. The lowest BCUT2D eigenvalue weighted by Gasteiger charge is -2.39. The van der Waals surface area contributed by atoms with Crippen LogP contribution in [0.3, 0.4) is 0 Å². The molecule has 1 aliphatic rings. The average Bonchev–Trinajstić information content (AvgIpc) is 2.62. The number of hydrogen-bond acceptors (Lipinski definition) is 5. The van der Waals surface area contributed by atoms with E-state index >= 15 is 0 Å². The number of amides is 1. The predicted octanol–water partition coefficient (Wildman–Crippen LogP) is 2.27. The van der Waals surface area contributed by atoms with Gasteiger partial charge in [-0.3, -0.25) is 15.0 Å². The third-order valence-corrected chi connectivity index (χ3v) is 4.19. The molecule has 0 bridgehead atoms. The maximum absolute atomic E-state index is 12.5. The standard InChI is InChI=1S/C18H22N4O2/c1-13-11-22(12-16(24-13)15-7-4-3-5-8-15)14(2)17(23)21-18-19-9-6-10-20-18/h3-10,13-14,16H,11-12H2,1-2H3,(H,19,20,21,23)/t13-,14+,16+/m1/s1. The van der Waals surface area contributed by atoms with Gasteiger partial charge in [-0.05, 0) is 25.5 Å². The fourth-order valence-corrected chi connectivity index (χ4v) is 2.90. The molecule has 1 saturated heterocycles. The van der Waals surface area contributed by atoms with Crippen molar-refractivity contribution in [1.82, 2.24) is 14.9 Å². The number of ether oxygens (including phenoxy) is 1. The van der Waals surface area contributed by atoms with Crippen molar-refractivity contribution in [2.24, 2.45) is 0 Å². The molecule has 1 N–H and O–H groups in total. The molecule has 1 fully saturated rings. The van der Waals surface area contributed by atoms with Gasteiger partial charge in [0, 0.05) is 25.5 Å². The van der Waals surface area contributed by atoms with Gasteiger partial charge < -0.3 is 4.74 Å². The van der Waals surface area contributed by atoms with E-state index in [1.54, 1.807) is 18.5 Å². The molecule has 0 spiro atoms. The van der Waals surface area contributed by atoms with Crippen molar-refractivity contribution >= 4 is 11.9 Å². The summed E-state index contributed by atoms with van der Waals surface area (Å²) < 4.78 is 6.05. The number of rotatable bonds is 4. The minimum atomic E-state index is -0.286. The van der Waals surface area contributed by atoms with E-state index in [1.165, 1.54) is 0 Å². The monoisotopic (exact) mass is 326 g/mol. The Kier molecular flexibility index (Phi) is 5.17. The maximum Gasteiger partial charge on any atom is 0.243 e. The van der Waals surface area contributed by atoms with E-state index in [0.29, 0.717) is 19.0 Å². The molecule has 0 saturated carbocycles. The van der Waals surface area contributed by atoms with Crippen molar-refractivity contribution in [3.05, 3.63) is 54.4 Å². The van der Waals surface area contributed by atoms with E-state index in [4.69, 9.17) is 4.74 Å². The highest BCUT2D eigenvalue weighted by Gasteiger charge is 2.32. The minimum Gasteiger partial charge on any atom is -0.368 e. The Bertz CT molecular complexity index is 665. The highest BCUT2D eigenvalue weighted by molar-refractivity contribution is 5.93. The third kappa shape index (κ3) is 3.96. The van der Waals surface area contributed by atoms with E-state index in [9.17, 15) is 4.79 Å². The molecule has 3 atom stereocenters. The van der Waals surface area contributed by atoms with Crippen LogP contribution in [-0.4, -0.2) is 46.0 Å². The van der Waals surface area contributed by atoms with Gasteiger partial charge in [-0.25, -0.2) is 9.97 Å². The fourth-order valence-electron chi connectivity index (χ4n) is 2.90. The van der Waals surface area contributed by atoms with Gasteiger partial charge in [-0.2, -0.15) is 0 Å². The zero-order chi connectivity index (χ0) is 16.9. The molecule has 1 aromatic heterocycles. The van der Waals surface area contributed by atoms with Crippen LogP contribution in [0, 0.1) is 0 Å². The Morgan fingerprint density at radius 2 is 1.92 bits per heavy atom. The van der Waals surface area contributed by atoms with Gasteiger partial charge in [0.1, 0.15) is 0 Å². The van der Waals surface area contributed by atoms with Crippen LogP contribution in [0.25, 0.3) is 0 Å². The molecule has 1 amide bonds. The number of anilines is 1. The first kappa shape index (κ1) is 16.5. The molecule has 2 aromatic rings. The van der Waals surface area contributed by atoms with Crippen LogP contribution in [0.1, 0.15) is 25.5 Å². The molecule has 6 nitrogen and oxygen atoms in total. The Morgan fingerprint density at radius 1 is 1.21 bits per heavy atom. The number of carbonyl (C=O) groups excluding carboxylic acids is 1. The molecule has 3 rings (SSSR count). The van der Waals surface area contributed by atoms with Crippen molar-refractivity contribution < 1.29 is 9.53 Å². The number of carbonyl (C=O) groups is 1. The van der Waals surface area contributed by atoms with Crippen LogP contribution in [0.4, 0.5) is 5.95 Å². The summed E-state index contributed by atoms with van der Waals surface area (Å²) in [5, 5.41) is 2.76. The molecular formula is C18H22N4O2. The molecule has 1 aliphatic heterocycles. The highest BCUT2D eigenvalue weighted by Crippen LogP contribution is 2.26. The fraction of sp³-hybridized carbons (Fsp3) is 0.389. The van der Waals surface area contributed by atoms with Gasteiger partial charge >= 0.3 is 0 Å². The summed E-state index contributed by atoms with van der Waals surface area (Å²) in [6.45, 7) is 5.33. The van der Waals surface area contributed by atoms with Gasteiger partial charge in [0.25, 0.3) is 0 Å². The molecule has 24 heavy (non-hydrogen) atoms. The lowest BCUT2D eigenvalue weighted by molar-refractivity contribution is -0.128. The summed E-state index contributed by atoms with van der Waals surface area (Å²) in [7, 11) is 0. The molecule has 1 aromatic carbocycles. The first-order valence-electron chi connectivity index (χ1n) is 8.16. The number of aromatic nitrogens is 2. The van der Waals surface area contributed by atoms with Crippen LogP contribution < -0.4 is 5.32 Å². The molecule has 0 radical (unpaired) electrons. The Balaban J connectivity index is 1.67. The van der Waals surface area contributed by atoms with E-state index in [1.807, 2.05) is 32.0 Å². The quantitative estimate of drug-likeness (QED) is 0.933. The van der Waals surface area contributed by atoms with Crippen LogP contribution in [0.15, 0.2) is 48.8 Å². The minimum absolute atomic E-state index is 0.0295. The number of nitrogens with one attached hydrogen (secondary N) is 1. The maximum atomic E-state index is 12.5. The second kappa shape index (κ2) is 7.51. The summed E-state index contributed by atoms with van der Waals surface area (Å²) >= 11 is 0. The first-order valence-corrected chi connectivity index (χ1v) is 8.16. The van der Waals surface area contributed by atoms with Crippen molar-refractivity contribution in [3.8, 4) is 0 Å². The molecule has 126 valence electrons. The van der Waals surface area contributed by atoms with Crippen molar-refractivity contribution in [2.45, 2.75) is 32.1 Å². The summed E-state index contributed by atoms with van der Waals surface area (Å²) in [5.41, 5.74) is 1.13. The van der Waals surface area contributed by atoms with Gasteiger partial charge in [0.2, 0.25) is 11.9 Å². The molecule has 2 heterocycles. The van der Waals surface area contributed by atoms with Gasteiger partial charge in [-0.15, -0.1) is 0 Å². The molecule has 6 heteroatoms. The third-order valence-electron chi connectivity index (χ3n) is 4.19. The van der Waals surface area contributed by atoms with E-state index in [-0.39, 0.29) is 24.2 Å². The van der Waals surface area contributed by atoms with Gasteiger partial charge in [0.15, 0.2) is 0 Å². The van der Waals surface area contributed by atoms with Gasteiger partial charge in [0.05, 0.1) is 18.2 Å². The lowest BCUT2D eigenvalue weighted by atomic mass is 10.1. The van der Waals surface area contributed by atoms with Crippen LogP contribution in [0.2, 0.25) is 0 Å². The normalized spacial score (nSPS) is 22.8. The Labute approximate surface area is 141 Å². The Morgan fingerprint density at radius 3 is 2.62 bits per heavy atom. The number of benzene rings is 1. The number of morpholine rings is 1. The van der Waals surface area contributed by atoms with Gasteiger partial charge in [-0.1, -0.05) is 30.3 Å². The summed E-state index contributed by atoms with van der Waals surface area (Å²) in [6.07, 6.45) is 3.25. The number of nitrogens with zero attached hydrogens (tertiary/aromatic N) is 3. The van der Waals surface area contributed by atoms with E-state index in [0.717, 1.165) is 5.56 Å². The van der Waals surface area contributed by atoms with Crippen LogP contribution >= 0.6 is 0 Å². The first-order chi connectivity index (χ1) is 11.6. The second-order valence-corrected chi connectivity index (χ2v) is 6.04. The van der Waals surface area contributed by atoms with E-state index < -0.39 is 0 Å². The van der Waals surface area contributed by atoms with Crippen molar-refractivity contribution in [2.75, 3.05) is 18.4 Å². The smallest absolute Gasteiger partial charge is 0.243 e. The molecule has 0 unspecified atom stereocenters. The summed E-state index contributed by atoms with van der Waals surface area (Å²) in [4.78, 5) is 22.7. The lowest BCUT2D eigenvalue weighted by Crippen LogP contribution is -2.51. The van der Waals surface area contributed by atoms with Crippen molar-refractivity contribution in [1.29, 1.82) is 0 Å². The topological polar surface area (TPSA) is 67.4 Å². The zero-order valence-electron chi connectivity index (χ0n) is 13.9. The van der Waals surface area contributed by atoms with Crippen LogP contribution in [0.5, 0.6) is 0 Å². The SMILES string of the molecule is C[C@@H]1CN([C@@H](C)C(=O)Nc2ncccn2)C[C@@H](c2ccccc2)O1. The Hall–Kier alpha value is -2.31. The van der Waals surface area contributed by atoms with Crippen molar-refractivity contribution in [3.63, 3.8) is 0 Å². The predicted molar refractivity (Wildman–Crippen MR) is 91.4 cm³/mol. The molecule has 0 aliphatic carbocycles. The largest absolute Gasteiger partial charge is 0.368 e.